The minimum absolute atomic E-state index is 0.000677. The van der Waals surface area contributed by atoms with Crippen LogP contribution in [0.15, 0.2) is 64.1 Å². The van der Waals surface area contributed by atoms with E-state index in [2.05, 4.69) is 0 Å². The maximum absolute atomic E-state index is 13.9. The summed E-state index contributed by atoms with van der Waals surface area (Å²) in [5, 5.41) is 1.03. The molecular formula is C25H23ClFN3O4S2. The van der Waals surface area contributed by atoms with Crippen LogP contribution in [0.5, 0.6) is 0 Å². The lowest BCUT2D eigenvalue weighted by Crippen LogP contribution is -2.46. The Hall–Kier alpha value is -2.79. The third-order valence-electron chi connectivity index (χ3n) is 6.26. The van der Waals surface area contributed by atoms with Crippen LogP contribution >= 0.6 is 22.9 Å². The van der Waals surface area contributed by atoms with Gasteiger partial charge < -0.3 is 4.42 Å². The van der Waals surface area contributed by atoms with Crippen molar-refractivity contribution in [3.05, 3.63) is 77.0 Å². The Kier molecular flexibility index (Phi) is 6.86. The molecule has 36 heavy (non-hydrogen) atoms. The van der Waals surface area contributed by atoms with Crippen LogP contribution in [0.4, 0.5) is 9.52 Å². The van der Waals surface area contributed by atoms with E-state index in [9.17, 15) is 17.6 Å². The fourth-order valence-electron chi connectivity index (χ4n) is 4.34. The van der Waals surface area contributed by atoms with Crippen LogP contribution in [0.2, 0.25) is 5.02 Å². The van der Waals surface area contributed by atoms with E-state index in [1.807, 2.05) is 13.0 Å². The van der Waals surface area contributed by atoms with Crippen molar-refractivity contribution < 1.29 is 22.0 Å². The van der Waals surface area contributed by atoms with Gasteiger partial charge in [0.05, 0.1) is 38.9 Å². The summed E-state index contributed by atoms with van der Waals surface area (Å²) in [5.74, 6) is -0.747. The first-order valence-electron chi connectivity index (χ1n) is 11.4. The molecule has 0 aliphatic carbocycles. The number of aromatic nitrogens is 1. The van der Waals surface area contributed by atoms with Crippen LogP contribution in [0, 0.1) is 18.7 Å². The highest BCUT2D eigenvalue weighted by atomic mass is 35.5. The summed E-state index contributed by atoms with van der Waals surface area (Å²) in [7, 11) is -3.87. The molecule has 11 heteroatoms. The number of thiazole rings is 1. The van der Waals surface area contributed by atoms with Gasteiger partial charge in [0.15, 0.2) is 5.13 Å². The number of furan rings is 1. The molecule has 0 saturated carbocycles. The molecule has 188 valence electrons. The third-order valence-corrected chi connectivity index (χ3v) is 9.68. The zero-order valence-electron chi connectivity index (χ0n) is 19.4. The number of carbonyl (C=O) groups is 1. The number of anilines is 1. The fourth-order valence-corrected chi connectivity index (χ4v) is 7.19. The van der Waals surface area contributed by atoms with E-state index in [1.165, 1.54) is 34.0 Å². The standard InChI is InChI=1S/C25H23ClFN3O4S2/c1-16-6-11-21(26)23-22(16)28-25(35-23)30(15-19-5-3-13-34-19)24(31)17-4-2-12-29(14-17)36(32,33)20-9-7-18(27)8-10-20/h3,5-11,13,17H,2,4,12,14-15H2,1H3. The van der Waals surface area contributed by atoms with E-state index in [4.69, 9.17) is 21.0 Å². The van der Waals surface area contributed by atoms with Gasteiger partial charge in [-0.25, -0.2) is 17.8 Å². The molecule has 0 spiro atoms. The summed E-state index contributed by atoms with van der Waals surface area (Å²) in [6.07, 6.45) is 2.60. The van der Waals surface area contributed by atoms with E-state index in [-0.39, 0.29) is 30.4 Å². The van der Waals surface area contributed by atoms with Gasteiger partial charge in [0.25, 0.3) is 0 Å². The van der Waals surface area contributed by atoms with Crippen molar-refractivity contribution in [1.29, 1.82) is 0 Å². The zero-order chi connectivity index (χ0) is 25.4. The zero-order valence-corrected chi connectivity index (χ0v) is 21.7. The number of carbonyl (C=O) groups excluding carboxylic acids is 1. The number of hydrogen-bond donors (Lipinski definition) is 0. The molecule has 1 saturated heterocycles. The number of piperidine rings is 1. The van der Waals surface area contributed by atoms with Crippen molar-refractivity contribution >= 4 is 54.2 Å². The Morgan fingerprint density at radius 1 is 1.25 bits per heavy atom. The van der Waals surface area contributed by atoms with E-state index in [0.29, 0.717) is 28.8 Å². The highest BCUT2D eigenvalue weighted by Crippen LogP contribution is 2.37. The van der Waals surface area contributed by atoms with Crippen LogP contribution in [-0.2, 0) is 21.4 Å². The summed E-state index contributed by atoms with van der Waals surface area (Å²) in [4.78, 5) is 20.1. The highest BCUT2D eigenvalue weighted by Gasteiger charge is 2.36. The number of benzene rings is 2. The minimum Gasteiger partial charge on any atom is -0.467 e. The molecule has 2 aromatic heterocycles. The van der Waals surface area contributed by atoms with Gasteiger partial charge in [-0.05, 0) is 67.8 Å². The molecule has 5 rings (SSSR count). The SMILES string of the molecule is Cc1ccc(Cl)c2sc(N(Cc3ccco3)C(=O)C3CCCN(S(=O)(=O)c4ccc(F)cc4)C3)nc12. The van der Waals surface area contributed by atoms with E-state index in [1.54, 1.807) is 23.1 Å². The molecule has 1 aliphatic heterocycles. The van der Waals surface area contributed by atoms with Crippen molar-refractivity contribution in [2.75, 3.05) is 18.0 Å². The van der Waals surface area contributed by atoms with Gasteiger partial charge in [0.2, 0.25) is 15.9 Å². The molecular weight excluding hydrogens is 525 g/mol. The van der Waals surface area contributed by atoms with Crippen LogP contribution in [0.1, 0.15) is 24.2 Å². The van der Waals surface area contributed by atoms with Gasteiger partial charge in [0.1, 0.15) is 11.6 Å². The maximum atomic E-state index is 13.9. The van der Waals surface area contributed by atoms with Crippen LogP contribution in [0.25, 0.3) is 10.2 Å². The fraction of sp³-hybridized carbons (Fsp3) is 0.280. The maximum Gasteiger partial charge on any atom is 0.243 e. The number of sulfonamides is 1. The molecule has 0 N–H and O–H groups in total. The number of aryl methyl sites for hydroxylation is 1. The molecule has 1 aliphatic rings. The van der Waals surface area contributed by atoms with E-state index >= 15 is 0 Å². The molecule has 3 heterocycles. The van der Waals surface area contributed by atoms with Gasteiger partial charge in [-0.1, -0.05) is 29.0 Å². The van der Waals surface area contributed by atoms with Gasteiger partial charge in [-0.15, -0.1) is 0 Å². The predicted molar refractivity (Wildman–Crippen MR) is 137 cm³/mol. The van der Waals surface area contributed by atoms with Crippen molar-refractivity contribution in [3.8, 4) is 0 Å². The van der Waals surface area contributed by atoms with E-state index < -0.39 is 21.8 Å². The van der Waals surface area contributed by atoms with E-state index in [0.717, 1.165) is 27.9 Å². The van der Waals surface area contributed by atoms with Crippen LogP contribution in [0.3, 0.4) is 0 Å². The highest BCUT2D eigenvalue weighted by molar-refractivity contribution is 7.89. The second-order valence-corrected chi connectivity index (χ2v) is 12.0. The first kappa shape index (κ1) is 24.9. The molecule has 2 aromatic carbocycles. The molecule has 4 aromatic rings. The topological polar surface area (TPSA) is 83.7 Å². The smallest absolute Gasteiger partial charge is 0.243 e. The van der Waals surface area contributed by atoms with Gasteiger partial charge in [-0.3, -0.25) is 9.69 Å². The Morgan fingerprint density at radius 2 is 2.03 bits per heavy atom. The van der Waals surface area contributed by atoms with Crippen molar-refractivity contribution in [3.63, 3.8) is 0 Å². The first-order valence-corrected chi connectivity index (χ1v) is 14.0. The van der Waals surface area contributed by atoms with Gasteiger partial charge in [-0.2, -0.15) is 4.31 Å². The summed E-state index contributed by atoms with van der Waals surface area (Å²) >= 11 is 7.72. The number of hydrogen-bond acceptors (Lipinski definition) is 6. The average molecular weight is 548 g/mol. The second kappa shape index (κ2) is 9.93. The van der Waals surface area contributed by atoms with Crippen molar-refractivity contribution in [2.45, 2.75) is 31.2 Å². The van der Waals surface area contributed by atoms with Crippen molar-refractivity contribution in [2.24, 2.45) is 5.92 Å². The number of amides is 1. The summed E-state index contributed by atoms with van der Waals surface area (Å²) in [6.45, 7) is 2.40. The largest absolute Gasteiger partial charge is 0.467 e. The molecule has 0 radical (unpaired) electrons. The molecule has 1 unspecified atom stereocenters. The first-order chi connectivity index (χ1) is 17.2. The van der Waals surface area contributed by atoms with Crippen LogP contribution < -0.4 is 4.90 Å². The Balaban J connectivity index is 1.46. The van der Waals surface area contributed by atoms with Crippen molar-refractivity contribution in [1.82, 2.24) is 9.29 Å². The van der Waals surface area contributed by atoms with Gasteiger partial charge >= 0.3 is 0 Å². The number of fused-ring (bicyclic) bond motifs is 1. The molecule has 1 atom stereocenters. The average Bonchev–Trinajstić information content (AvgIpc) is 3.56. The lowest BCUT2D eigenvalue weighted by atomic mass is 9.98. The predicted octanol–water partition coefficient (Wildman–Crippen LogP) is 5.62. The normalized spacial score (nSPS) is 16.9. The molecule has 7 nitrogen and oxygen atoms in total. The lowest BCUT2D eigenvalue weighted by molar-refractivity contribution is -0.123. The summed E-state index contributed by atoms with van der Waals surface area (Å²) in [5.41, 5.74) is 1.67. The molecule has 0 bridgehead atoms. The monoisotopic (exact) mass is 547 g/mol. The second-order valence-electron chi connectivity index (χ2n) is 8.70. The van der Waals surface area contributed by atoms with Crippen LogP contribution in [-0.4, -0.2) is 36.7 Å². The Labute approximate surface area is 217 Å². The lowest BCUT2D eigenvalue weighted by Gasteiger charge is -2.33. The summed E-state index contributed by atoms with van der Waals surface area (Å²) in [6, 6.07) is 11.9. The Bertz CT molecular complexity index is 1470. The minimum atomic E-state index is -3.87. The Morgan fingerprint density at radius 3 is 2.72 bits per heavy atom. The number of nitrogens with zero attached hydrogens (tertiary/aromatic N) is 3. The number of rotatable bonds is 6. The van der Waals surface area contributed by atoms with Gasteiger partial charge in [0, 0.05) is 13.1 Å². The summed E-state index contributed by atoms with van der Waals surface area (Å²) < 4.78 is 47.3. The molecule has 1 fully saturated rings. The third kappa shape index (κ3) is 4.78. The number of halogens is 2. The quantitative estimate of drug-likeness (QED) is 0.313. The molecule has 1 amide bonds.